The molecule has 426 valence electrons. The molecule has 0 unspecified atom stereocenters. The molecule has 0 aliphatic rings. The van der Waals surface area contributed by atoms with Crippen molar-refractivity contribution in [3.63, 3.8) is 0 Å². The number of thioether (sulfide) groups is 3. The number of ether oxygens (including phenoxy) is 2. The van der Waals surface area contributed by atoms with E-state index in [1.807, 2.05) is 18.8 Å². The molecule has 75 heavy (non-hydrogen) atoms. The van der Waals surface area contributed by atoms with Crippen LogP contribution in [-0.2, 0) is 26.5 Å². The largest absolute Gasteiger partial charge is 1.00 e. The van der Waals surface area contributed by atoms with Crippen molar-refractivity contribution in [1.29, 1.82) is 5.41 Å². The molecule has 2 aromatic heterocycles. The molecule has 2 heterocycles. The number of nitrogen functional groups attached to an aromatic ring is 1. The van der Waals surface area contributed by atoms with Gasteiger partial charge in [0.15, 0.2) is 0 Å². The Morgan fingerprint density at radius 1 is 0.760 bits per heavy atom. The number of halogens is 5. The van der Waals surface area contributed by atoms with Gasteiger partial charge < -0.3 is 20.7 Å². The molecule has 25 heteroatoms. The third-order valence-corrected chi connectivity index (χ3v) is 17.2. The number of aromatic nitrogens is 4. The summed E-state index contributed by atoms with van der Waals surface area (Å²) in [6.45, 7) is 31.4. The first-order valence-corrected chi connectivity index (χ1v) is 31.6. The number of hydrogen-bond donors (Lipinski definition) is 4. The zero-order valence-corrected chi connectivity index (χ0v) is 57.1. The van der Waals surface area contributed by atoms with Crippen molar-refractivity contribution in [3.8, 4) is 11.5 Å². The zero-order chi connectivity index (χ0) is 55.8. The Labute approximate surface area is 523 Å². The van der Waals surface area contributed by atoms with E-state index in [1.54, 1.807) is 13.0 Å². The third kappa shape index (κ3) is 36.0. The van der Waals surface area contributed by atoms with Crippen LogP contribution in [0.1, 0.15) is 158 Å². The van der Waals surface area contributed by atoms with Gasteiger partial charge in [-0.3, -0.25) is 10.8 Å². The van der Waals surface area contributed by atoms with Crippen LogP contribution in [0.3, 0.4) is 0 Å². The molecule has 0 bridgehead atoms. The normalized spacial score (nSPS) is 10.8. The van der Waals surface area contributed by atoms with Crippen LogP contribution in [0.15, 0.2) is 51.7 Å². The molecular weight excluding hydrogens is 1180 g/mol. The van der Waals surface area contributed by atoms with Crippen LogP contribution >= 0.6 is 126 Å². The Morgan fingerprint density at radius 2 is 1.15 bits per heavy atom. The number of nitrogens with zero attached hydrogens (tertiary/aromatic N) is 5. The molecular formula is C50H85Cl5N9NaO4S6. The van der Waals surface area contributed by atoms with Gasteiger partial charge in [0.2, 0.25) is 26.0 Å². The smallest absolute Gasteiger partial charge is 0.870 e. The Morgan fingerprint density at radius 3 is 1.41 bits per heavy atom. The first kappa shape index (κ1) is 83.6. The summed E-state index contributed by atoms with van der Waals surface area (Å²) in [6.07, 6.45) is 13.3. The summed E-state index contributed by atoms with van der Waals surface area (Å²) in [4.78, 5) is 21.5. The van der Waals surface area contributed by atoms with E-state index >= 15 is 0 Å². The predicted octanol–water partition coefficient (Wildman–Crippen LogP) is 14.4. The first-order valence-electron chi connectivity index (χ1n) is 23.2. The van der Waals surface area contributed by atoms with Crippen molar-refractivity contribution >= 4 is 143 Å². The van der Waals surface area contributed by atoms with Crippen LogP contribution in [-0.4, -0.2) is 83.5 Å². The minimum absolute atomic E-state index is 0. The average molecular weight is 1270 g/mol. The predicted molar refractivity (Wildman–Crippen MR) is 334 cm³/mol. The van der Waals surface area contributed by atoms with Gasteiger partial charge in [0.25, 0.3) is 3.12 Å². The van der Waals surface area contributed by atoms with Gasteiger partial charge in [0.1, 0.15) is 11.5 Å². The second kappa shape index (κ2) is 44.4. The molecule has 0 aliphatic carbocycles. The van der Waals surface area contributed by atoms with Gasteiger partial charge >= 0.3 is 29.6 Å². The van der Waals surface area contributed by atoms with Crippen LogP contribution in [0, 0.1) is 5.41 Å². The van der Waals surface area contributed by atoms with E-state index in [0.717, 1.165) is 60.3 Å². The number of alkyl halides is 3. The summed E-state index contributed by atoms with van der Waals surface area (Å²) in [5.74, 6) is 7.03. The minimum atomic E-state index is -1.36. The standard InChI is InChI=1S/C20H31NO2.C19H33NO.C3H3ClN2S2.C3H6N4S2.C3H7NS.CCl4S.CH4.Na.H2O/c1-7-19(3,4)16-10-11-18(23-13-9-12-21-15-22)17(14-16)20(5,6)8-2;1-7-18(3,4)15-10-11-17(21-13-9-12-20)16(14-15)19(5,6)8-2;1-7-3-5-2(4)8-6-3;1-8-3-5-2(6-4)9-7-3;1-3(4)5-2;2-1(3,4)6-5;;;/h10-11,14H,7-9,12-13H2,1-6H3;10-11,14H,7-9,12-13,20H2,1-6H3;1H3;4H2,1H3,(H,5,6,7);4H,1-2H3;;1H4;;1H2/q;;;;;;;+1;/p-1. The van der Waals surface area contributed by atoms with Crippen molar-refractivity contribution in [3.05, 3.63) is 63.1 Å². The second-order valence-electron chi connectivity index (χ2n) is 18.1. The van der Waals surface area contributed by atoms with Crippen molar-refractivity contribution in [1.82, 2.24) is 18.7 Å². The molecule has 0 saturated heterocycles. The van der Waals surface area contributed by atoms with Crippen LogP contribution in [0.4, 0.5) is 5.13 Å². The summed E-state index contributed by atoms with van der Waals surface area (Å²) in [5, 5.41) is 9.54. The van der Waals surface area contributed by atoms with Crippen LogP contribution < -0.4 is 56.0 Å². The number of nitrogens with two attached hydrogens (primary N) is 2. The maximum absolute atomic E-state index is 10.1. The Hall–Kier alpha value is -0.260. The van der Waals surface area contributed by atoms with Gasteiger partial charge in [-0.2, -0.15) is 18.7 Å². The number of nitrogens with one attached hydrogen (secondary N) is 2. The molecule has 0 spiro atoms. The first-order chi connectivity index (χ1) is 33.6. The fourth-order valence-electron chi connectivity index (χ4n) is 5.26. The molecule has 0 fully saturated rings. The van der Waals surface area contributed by atoms with Gasteiger partial charge in [-0.05, 0) is 143 Å². The second-order valence-corrected chi connectivity index (χ2v) is 26.9. The van der Waals surface area contributed by atoms with Crippen molar-refractivity contribution in [2.75, 3.05) is 50.5 Å². The average Bonchev–Trinajstić information content (AvgIpc) is 4.03. The number of isocyanates is 1. The van der Waals surface area contributed by atoms with Gasteiger partial charge in [-0.15, -0.1) is 11.8 Å². The summed E-state index contributed by atoms with van der Waals surface area (Å²) >= 11 is 27.6. The number of rotatable bonds is 20. The molecule has 0 amide bonds. The summed E-state index contributed by atoms with van der Waals surface area (Å²) in [5.41, 5.74) is 13.9. The van der Waals surface area contributed by atoms with E-state index in [1.165, 1.54) is 80.6 Å². The van der Waals surface area contributed by atoms with Crippen LogP contribution in [0.5, 0.6) is 11.5 Å². The summed E-state index contributed by atoms with van der Waals surface area (Å²) in [6, 6.07) is 13.3. The number of hydrogen-bond acceptors (Lipinski definition) is 19. The number of hydrazine groups is 1. The molecule has 13 nitrogen and oxygen atoms in total. The molecule has 4 aromatic rings. The Kier molecular flexibility index (Phi) is 49.5. The van der Waals surface area contributed by atoms with Gasteiger partial charge in [-0.1, -0.05) is 173 Å². The van der Waals surface area contributed by atoms with E-state index in [9.17, 15) is 4.79 Å². The van der Waals surface area contributed by atoms with E-state index in [-0.39, 0.29) is 64.1 Å². The van der Waals surface area contributed by atoms with E-state index in [4.69, 9.17) is 83.5 Å². The van der Waals surface area contributed by atoms with Crippen molar-refractivity contribution in [2.24, 2.45) is 16.6 Å². The van der Waals surface area contributed by atoms with E-state index in [0.29, 0.717) is 51.9 Å². The Bertz CT molecular complexity index is 2150. The van der Waals surface area contributed by atoms with E-state index < -0.39 is 3.12 Å². The fraction of sp³-hybridized carbons (Fsp3) is 0.640. The van der Waals surface area contributed by atoms with Gasteiger partial charge in [-0.25, -0.2) is 15.6 Å². The maximum Gasteiger partial charge on any atom is 1.00 e. The topological polar surface area (TPSA) is 217 Å². The van der Waals surface area contributed by atoms with Crippen molar-refractivity contribution < 1.29 is 49.3 Å². The summed E-state index contributed by atoms with van der Waals surface area (Å²) in [7, 11) is 5.65. The van der Waals surface area contributed by atoms with Gasteiger partial charge in [0.05, 0.1) is 24.8 Å². The fourth-order valence-corrected chi connectivity index (χ4v) is 7.51. The maximum atomic E-state index is 10.1. The third-order valence-electron chi connectivity index (χ3n) is 11.5. The molecule has 0 atom stereocenters. The molecule has 7 N–H and O–H groups in total. The quantitative estimate of drug-likeness (QED) is 0.00745. The minimum Gasteiger partial charge on any atom is -0.870 e. The molecule has 0 aliphatic heterocycles. The monoisotopic (exact) mass is 1270 g/mol. The number of aliphatic imine (C=N–C) groups is 1. The van der Waals surface area contributed by atoms with Gasteiger partial charge in [0, 0.05) is 40.1 Å². The van der Waals surface area contributed by atoms with Crippen molar-refractivity contribution in [2.45, 2.75) is 171 Å². The molecule has 0 saturated carbocycles. The molecule has 4 rings (SSSR count). The summed E-state index contributed by atoms with van der Waals surface area (Å²) < 4.78 is 19.0. The Balaban J connectivity index is -0.000000284. The van der Waals surface area contributed by atoms with E-state index in [2.05, 4.69) is 149 Å². The molecule has 2 aromatic carbocycles. The van der Waals surface area contributed by atoms with Crippen LogP contribution in [0.25, 0.3) is 0 Å². The van der Waals surface area contributed by atoms with Crippen LogP contribution in [0.2, 0.25) is 4.47 Å². The zero-order valence-electron chi connectivity index (χ0n) is 46.4. The number of carbonyl (C=O) groups excluding carboxylic acids is 1. The number of anilines is 1. The SMILES string of the molecule is C.CCC(C)(C)c1ccc(OCCCN)c(C(C)(C)CC)c1.CCC(C)(C)c1ccc(OCCCN=C=O)c(C(C)(C)CC)c1.CSC(C)=N.CSc1nsc(Cl)n1.CSc1nsc(NN)n1.ClSC(Cl)(Cl)Cl.[Na+].[OH-]. The molecule has 0 radical (unpaired) electrons. The number of benzene rings is 2.